The van der Waals surface area contributed by atoms with E-state index in [1.807, 2.05) is 23.1 Å². The van der Waals surface area contributed by atoms with Gasteiger partial charge in [-0.3, -0.25) is 4.90 Å². The van der Waals surface area contributed by atoms with Crippen LogP contribution in [-0.4, -0.2) is 69.9 Å². The number of hydrogen-bond acceptors (Lipinski definition) is 6. The third-order valence-corrected chi connectivity index (χ3v) is 6.77. The Bertz CT molecular complexity index is 1190. The number of ether oxygens (including phenoxy) is 4. The summed E-state index contributed by atoms with van der Waals surface area (Å²) in [5.74, 6) is 2.04. The van der Waals surface area contributed by atoms with Gasteiger partial charge in [0.2, 0.25) is 0 Å². The Labute approximate surface area is 225 Å². The lowest BCUT2D eigenvalue weighted by molar-refractivity contribution is 0.00584. The van der Waals surface area contributed by atoms with Gasteiger partial charge in [-0.1, -0.05) is 42.0 Å². The Morgan fingerprint density at radius 2 is 1.58 bits per heavy atom. The number of methoxy groups -OCH3 is 3. The van der Waals surface area contributed by atoms with E-state index in [0.717, 1.165) is 36.5 Å². The van der Waals surface area contributed by atoms with E-state index in [-0.39, 0.29) is 12.1 Å². The minimum atomic E-state index is -0.145. The van der Waals surface area contributed by atoms with Gasteiger partial charge < -0.3 is 29.2 Å². The molecule has 2 amide bonds. The zero-order valence-corrected chi connectivity index (χ0v) is 22.6. The smallest absolute Gasteiger partial charge is 0.322 e. The average Bonchev–Trinajstić information content (AvgIpc) is 2.96. The highest BCUT2D eigenvalue weighted by atomic mass is 16.5. The summed E-state index contributed by atoms with van der Waals surface area (Å²) < 4.78 is 22.5. The highest BCUT2D eigenvalue weighted by Crippen LogP contribution is 2.29. The van der Waals surface area contributed by atoms with Crippen LogP contribution in [0.5, 0.6) is 17.2 Å². The summed E-state index contributed by atoms with van der Waals surface area (Å²) in [6.07, 6.45) is -0.129. The van der Waals surface area contributed by atoms with Gasteiger partial charge in [0, 0.05) is 38.8 Å². The summed E-state index contributed by atoms with van der Waals surface area (Å²) in [5.41, 5.74) is 4.05. The molecule has 1 atom stereocenters. The van der Waals surface area contributed by atoms with Crippen LogP contribution >= 0.6 is 0 Å². The number of nitrogens with one attached hydrogen (secondary N) is 1. The third kappa shape index (κ3) is 7.18. The number of amides is 2. The highest BCUT2D eigenvalue weighted by Gasteiger charge is 2.25. The molecule has 1 N–H and O–H groups in total. The Morgan fingerprint density at radius 1 is 0.868 bits per heavy atom. The van der Waals surface area contributed by atoms with Gasteiger partial charge in [-0.05, 0) is 42.3 Å². The Morgan fingerprint density at radius 3 is 2.26 bits per heavy atom. The van der Waals surface area contributed by atoms with Gasteiger partial charge in [-0.2, -0.15) is 0 Å². The minimum Gasteiger partial charge on any atom is -0.497 e. The molecule has 0 bridgehead atoms. The van der Waals surface area contributed by atoms with Crippen LogP contribution in [0.2, 0.25) is 0 Å². The molecule has 1 aliphatic heterocycles. The van der Waals surface area contributed by atoms with E-state index in [0.29, 0.717) is 36.9 Å². The molecule has 3 aromatic rings. The lowest BCUT2D eigenvalue weighted by Crippen LogP contribution is -2.50. The fraction of sp³-hybridized carbons (Fsp3) is 0.367. The van der Waals surface area contributed by atoms with E-state index < -0.39 is 0 Å². The SMILES string of the molecule is COc1cccc([C@H](CN2CCN(C(=O)Nc3ccc(OC)cc3OC)CC2)OCc2ccc(C)cc2)c1. The van der Waals surface area contributed by atoms with Crippen molar-refractivity contribution in [3.05, 3.63) is 83.4 Å². The first kappa shape index (κ1) is 27.3. The molecule has 4 rings (SSSR count). The molecule has 3 aromatic carbocycles. The molecule has 0 aliphatic carbocycles. The van der Waals surface area contributed by atoms with Gasteiger partial charge >= 0.3 is 6.03 Å². The van der Waals surface area contributed by atoms with E-state index in [1.54, 1.807) is 39.5 Å². The van der Waals surface area contributed by atoms with Crippen LogP contribution < -0.4 is 19.5 Å². The molecule has 1 heterocycles. The largest absolute Gasteiger partial charge is 0.497 e. The first-order chi connectivity index (χ1) is 18.5. The number of benzene rings is 3. The zero-order chi connectivity index (χ0) is 26.9. The maximum absolute atomic E-state index is 13.0. The van der Waals surface area contributed by atoms with Crippen LogP contribution in [0, 0.1) is 6.92 Å². The quantitative estimate of drug-likeness (QED) is 0.401. The van der Waals surface area contributed by atoms with Gasteiger partial charge in [-0.15, -0.1) is 0 Å². The first-order valence-corrected chi connectivity index (χ1v) is 12.8. The standard InChI is InChI=1S/C30H37N3O5/c1-22-8-10-23(11-9-22)21-38-29(24-6-5-7-25(18-24)35-2)20-32-14-16-33(17-15-32)30(34)31-27-13-12-26(36-3)19-28(27)37-4/h5-13,18-19,29H,14-17,20-21H2,1-4H3,(H,31,34)/t29-/m0/s1. The van der Waals surface area contributed by atoms with Crippen molar-refractivity contribution < 1.29 is 23.7 Å². The second-order valence-corrected chi connectivity index (χ2v) is 9.35. The maximum atomic E-state index is 13.0. The van der Waals surface area contributed by atoms with Crippen molar-refractivity contribution >= 4 is 11.7 Å². The molecule has 202 valence electrons. The van der Waals surface area contributed by atoms with Crippen LogP contribution in [0.3, 0.4) is 0 Å². The predicted octanol–water partition coefficient (Wildman–Crippen LogP) is 5.13. The van der Waals surface area contributed by atoms with Gasteiger partial charge in [0.1, 0.15) is 17.2 Å². The van der Waals surface area contributed by atoms with Gasteiger partial charge in [0.05, 0.1) is 39.7 Å². The van der Waals surface area contributed by atoms with Crippen LogP contribution in [-0.2, 0) is 11.3 Å². The number of anilines is 1. The van der Waals surface area contributed by atoms with Gasteiger partial charge in [0.15, 0.2) is 0 Å². The van der Waals surface area contributed by atoms with Crippen molar-refractivity contribution in [2.24, 2.45) is 0 Å². The molecule has 0 unspecified atom stereocenters. The molecular weight excluding hydrogens is 482 g/mol. The van der Waals surface area contributed by atoms with E-state index in [1.165, 1.54) is 5.56 Å². The number of nitrogens with zero attached hydrogens (tertiary/aromatic N) is 2. The number of piperazine rings is 1. The lowest BCUT2D eigenvalue weighted by Gasteiger charge is -2.36. The van der Waals surface area contributed by atoms with E-state index >= 15 is 0 Å². The summed E-state index contributed by atoms with van der Waals surface area (Å²) in [4.78, 5) is 17.1. The second-order valence-electron chi connectivity index (χ2n) is 9.35. The van der Waals surface area contributed by atoms with E-state index in [4.69, 9.17) is 18.9 Å². The Hall–Kier alpha value is -3.75. The third-order valence-electron chi connectivity index (χ3n) is 6.77. The molecule has 0 spiro atoms. The van der Waals surface area contributed by atoms with Crippen molar-refractivity contribution in [3.8, 4) is 17.2 Å². The first-order valence-electron chi connectivity index (χ1n) is 12.8. The Kier molecular flexibility index (Phi) is 9.46. The summed E-state index contributed by atoms with van der Waals surface area (Å²) >= 11 is 0. The molecule has 1 aliphatic rings. The summed E-state index contributed by atoms with van der Waals surface area (Å²) in [6, 6.07) is 21.6. The van der Waals surface area contributed by atoms with Gasteiger partial charge in [0.25, 0.3) is 0 Å². The molecule has 8 nitrogen and oxygen atoms in total. The highest BCUT2D eigenvalue weighted by molar-refractivity contribution is 5.91. The number of carbonyl (C=O) groups is 1. The number of hydrogen-bond donors (Lipinski definition) is 1. The molecule has 0 radical (unpaired) electrons. The van der Waals surface area contributed by atoms with Crippen molar-refractivity contribution in [3.63, 3.8) is 0 Å². The number of aryl methyl sites for hydroxylation is 1. The average molecular weight is 520 g/mol. The van der Waals surface area contributed by atoms with Crippen molar-refractivity contribution in [1.82, 2.24) is 9.80 Å². The van der Waals surface area contributed by atoms with Crippen molar-refractivity contribution in [2.75, 3.05) is 59.4 Å². The fourth-order valence-corrected chi connectivity index (χ4v) is 4.44. The predicted molar refractivity (Wildman–Crippen MR) is 148 cm³/mol. The molecule has 1 fully saturated rings. The van der Waals surface area contributed by atoms with Crippen LogP contribution in [0.15, 0.2) is 66.7 Å². The van der Waals surface area contributed by atoms with Crippen molar-refractivity contribution in [1.29, 1.82) is 0 Å². The topological polar surface area (TPSA) is 72.5 Å². The lowest BCUT2D eigenvalue weighted by atomic mass is 10.1. The minimum absolute atomic E-state index is 0.129. The molecular formula is C30H37N3O5. The monoisotopic (exact) mass is 519 g/mol. The summed E-state index contributed by atoms with van der Waals surface area (Å²) in [6.45, 7) is 6.06. The fourth-order valence-electron chi connectivity index (χ4n) is 4.44. The van der Waals surface area contributed by atoms with E-state index in [2.05, 4.69) is 47.5 Å². The maximum Gasteiger partial charge on any atom is 0.322 e. The molecule has 1 saturated heterocycles. The molecule has 8 heteroatoms. The Balaban J connectivity index is 1.37. The number of urea groups is 1. The van der Waals surface area contributed by atoms with Crippen molar-refractivity contribution in [2.45, 2.75) is 19.6 Å². The summed E-state index contributed by atoms with van der Waals surface area (Å²) in [5, 5.41) is 2.97. The normalized spacial score (nSPS) is 14.6. The van der Waals surface area contributed by atoms with Crippen LogP contribution in [0.25, 0.3) is 0 Å². The van der Waals surface area contributed by atoms with Gasteiger partial charge in [-0.25, -0.2) is 4.79 Å². The second kappa shape index (κ2) is 13.2. The zero-order valence-electron chi connectivity index (χ0n) is 22.6. The summed E-state index contributed by atoms with van der Waals surface area (Å²) in [7, 11) is 4.84. The van der Waals surface area contributed by atoms with Crippen LogP contribution in [0.1, 0.15) is 22.8 Å². The number of carbonyl (C=O) groups excluding carboxylic acids is 1. The molecule has 38 heavy (non-hydrogen) atoms. The molecule has 0 aromatic heterocycles. The van der Waals surface area contributed by atoms with Crippen LogP contribution in [0.4, 0.5) is 10.5 Å². The van der Waals surface area contributed by atoms with E-state index in [9.17, 15) is 4.79 Å². The number of rotatable bonds is 10. The molecule has 0 saturated carbocycles.